The predicted molar refractivity (Wildman–Crippen MR) is 5.75 cm³/mol. The molecule has 0 aromatic rings. The molecule has 0 amide bonds. The van der Waals surface area contributed by atoms with E-state index in [0.29, 0.717) is 0 Å². The van der Waals surface area contributed by atoms with Crippen molar-refractivity contribution in [3.63, 3.8) is 0 Å². The average Bonchev–Trinajstić information content (AvgIpc) is 0. The van der Waals surface area contributed by atoms with Crippen LogP contribution in [0.2, 0.25) is 0 Å². The summed E-state index contributed by atoms with van der Waals surface area (Å²) in [4.78, 5) is 0. The summed E-state index contributed by atoms with van der Waals surface area (Å²) < 4.78 is 0. The third kappa shape index (κ3) is 27.8. The van der Waals surface area contributed by atoms with Crippen LogP contribution in [0.4, 0.5) is 0 Å². The molecule has 0 rings (SSSR count). The van der Waals surface area contributed by atoms with Gasteiger partial charge in [-0.15, -0.1) is 0 Å². The van der Waals surface area contributed by atoms with Crippen molar-refractivity contribution in [1.29, 1.82) is 0 Å². The second-order valence-electron chi connectivity index (χ2n) is 0. The van der Waals surface area contributed by atoms with Gasteiger partial charge in [0.2, 0.25) is 0 Å². The van der Waals surface area contributed by atoms with Crippen LogP contribution in [0.25, 0.3) is 0 Å². The van der Waals surface area contributed by atoms with E-state index in [1.165, 1.54) is 0 Å². The summed E-state index contributed by atoms with van der Waals surface area (Å²) >= 11 is 0. The first-order valence-corrected chi connectivity index (χ1v) is 0. The molecule has 0 aromatic heterocycles. The van der Waals surface area contributed by atoms with Crippen molar-refractivity contribution < 1.29 is 56.1 Å². The maximum absolute atomic E-state index is 0. The van der Waals surface area contributed by atoms with Gasteiger partial charge in [0.15, 0.2) is 0 Å². The van der Waals surface area contributed by atoms with Gasteiger partial charge in [-0.1, -0.05) is 0 Å². The van der Waals surface area contributed by atoms with Gasteiger partial charge in [0.05, 0.1) is 0 Å². The Labute approximate surface area is 66.1 Å². The second-order valence-corrected chi connectivity index (χ2v) is 0. The first-order chi connectivity index (χ1) is 0. The molecular weight excluding hydrogens is 122 g/mol. The second kappa shape index (κ2) is 45.3. The molecule has 5 heteroatoms. The van der Waals surface area contributed by atoms with E-state index >= 15 is 0 Å². The fourth-order valence-electron chi connectivity index (χ4n) is 0. The Kier molecular flexibility index (Phi) is 713. The van der Waals surface area contributed by atoms with Gasteiger partial charge in [0.1, 0.15) is 0 Å². The van der Waals surface area contributed by atoms with Crippen molar-refractivity contribution in [1.82, 2.24) is 0 Å². The Morgan fingerprint density at radius 2 is 0.600 bits per heavy atom. The average molecular weight is 122 g/mol. The summed E-state index contributed by atoms with van der Waals surface area (Å²) in [6, 6.07) is 0. The molecule has 0 aromatic carbocycles. The Morgan fingerprint density at radius 3 is 0.600 bits per heavy atom. The van der Waals surface area contributed by atoms with Crippen LogP contribution in [0.5, 0.6) is 0 Å². The molecule has 0 saturated heterocycles. The van der Waals surface area contributed by atoms with Gasteiger partial charge in [0.25, 0.3) is 0 Å². The van der Waals surface area contributed by atoms with E-state index in [1.54, 1.807) is 0 Å². The summed E-state index contributed by atoms with van der Waals surface area (Å²) in [6.45, 7) is 0. The molecule has 0 spiro atoms. The van der Waals surface area contributed by atoms with Crippen molar-refractivity contribution in [3.05, 3.63) is 0 Å². The van der Waals surface area contributed by atoms with E-state index in [-0.39, 0.29) is 66.2 Å². The summed E-state index contributed by atoms with van der Waals surface area (Å²) in [7, 11) is 0. The van der Waals surface area contributed by atoms with E-state index in [4.69, 9.17) is 0 Å². The van der Waals surface area contributed by atoms with Crippen molar-refractivity contribution in [2.75, 3.05) is 0 Å². The van der Waals surface area contributed by atoms with Crippen molar-refractivity contribution in [2.45, 2.75) is 0 Å². The fraction of sp³-hybridized carbons (Fsp3) is 0. The fourth-order valence-corrected chi connectivity index (χ4v) is 0. The number of rotatable bonds is 0. The maximum atomic E-state index is 0. The van der Waals surface area contributed by atoms with Crippen LogP contribution < -0.4 is 56.1 Å². The molecule has 0 bridgehead atoms. The molecule has 0 saturated carbocycles. The molecule has 5 heavy (non-hydrogen) atoms. The van der Waals surface area contributed by atoms with Gasteiger partial charge in [-0.3, -0.25) is 0 Å². The van der Waals surface area contributed by atoms with Crippen LogP contribution in [0.3, 0.4) is 0 Å². The van der Waals surface area contributed by atoms with E-state index in [1.807, 2.05) is 0 Å². The SMILES string of the molecule is [Be+2].[Cl-].[Cl-].[Cl-].[Li+]. The smallest absolute Gasteiger partial charge is 1.00 e. The zero-order chi connectivity index (χ0) is 0. The molecule has 0 fully saturated rings. The Balaban J connectivity index is 0. The summed E-state index contributed by atoms with van der Waals surface area (Å²) in [6.07, 6.45) is 0. The molecule has 0 heterocycles. The van der Waals surface area contributed by atoms with Gasteiger partial charge in [0, 0.05) is 0 Å². The molecule has 0 nitrogen and oxygen atoms in total. The minimum Gasteiger partial charge on any atom is -1.00 e. The largest absolute Gasteiger partial charge is 2.00 e. The third-order valence-electron chi connectivity index (χ3n) is 0. The molecular formula is BeCl3Li. The molecule has 0 N–H and O–H groups in total. The maximum Gasteiger partial charge on any atom is 2.00 e. The van der Waals surface area contributed by atoms with Crippen LogP contribution >= 0.6 is 0 Å². The van der Waals surface area contributed by atoms with Gasteiger partial charge in [-0.05, 0) is 0 Å². The molecule has 0 unspecified atom stereocenters. The molecule has 0 aliphatic carbocycles. The van der Waals surface area contributed by atoms with Gasteiger partial charge in [-0.25, -0.2) is 0 Å². The first-order valence-electron chi connectivity index (χ1n) is 0. The Bertz CT molecular complexity index is 6.85. The molecule has 0 radical (unpaired) electrons. The van der Waals surface area contributed by atoms with E-state index in [0.717, 1.165) is 0 Å². The standard InChI is InChI=1S/Be.3ClH.Li/h;3*1H;/q+2;;;;+1/p-3. The molecule has 0 atom stereocenters. The molecule has 0 aliphatic heterocycles. The summed E-state index contributed by atoms with van der Waals surface area (Å²) in [5.41, 5.74) is 0. The minimum absolute atomic E-state index is 0. The normalized spacial score (nSPS) is 0. The van der Waals surface area contributed by atoms with Crippen molar-refractivity contribution >= 4 is 10.1 Å². The van der Waals surface area contributed by atoms with Gasteiger partial charge in [-0.2, -0.15) is 0 Å². The van der Waals surface area contributed by atoms with Gasteiger partial charge < -0.3 is 37.2 Å². The molecule has 0 aliphatic rings. The zero-order valence-corrected chi connectivity index (χ0v) is 5.11. The van der Waals surface area contributed by atoms with Crippen molar-refractivity contribution in [3.8, 4) is 0 Å². The van der Waals surface area contributed by atoms with Crippen LogP contribution in [0.15, 0.2) is 0 Å². The van der Waals surface area contributed by atoms with Gasteiger partial charge >= 0.3 is 29.0 Å². The van der Waals surface area contributed by atoms with Crippen LogP contribution in [-0.4, -0.2) is 10.1 Å². The third-order valence-corrected chi connectivity index (χ3v) is 0. The van der Waals surface area contributed by atoms with Crippen LogP contribution in [-0.2, 0) is 0 Å². The summed E-state index contributed by atoms with van der Waals surface area (Å²) in [5, 5.41) is 0. The Hall–Kier alpha value is 1.64. The molecule has 24 valence electrons. The van der Waals surface area contributed by atoms with E-state index < -0.39 is 0 Å². The topological polar surface area (TPSA) is 0 Å². The quantitative estimate of drug-likeness (QED) is 0.280. The first kappa shape index (κ1) is 78.7. The van der Waals surface area contributed by atoms with Crippen LogP contribution in [0.1, 0.15) is 0 Å². The number of hydrogen-bond acceptors (Lipinski definition) is 0. The monoisotopic (exact) mass is 121 g/mol. The predicted octanol–water partition coefficient (Wildman–Crippen LogP) is -12.4. The minimum atomic E-state index is 0. The number of hydrogen-bond donors (Lipinski definition) is 0. The zero-order valence-electron chi connectivity index (χ0n) is 2.84. The Morgan fingerprint density at radius 1 is 0.600 bits per heavy atom. The van der Waals surface area contributed by atoms with E-state index in [9.17, 15) is 0 Å². The van der Waals surface area contributed by atoms with Crippen LogP contribution in [0, 0.1) is 0 Å². The van der Waals surface area contributed by atoms with Crippen molar-refractivity contribution in [2.24, 2.45) is 0 Å². The number of halogens is 3. The van der Waals surface area contributed by atoms with E-state index in [2.05, 4.69) is 0 Å². The summed E-state index contributed by atoms with van der Waals surface area (Å²) in [5.74, 6) is 0.